The molecule has 0 spiro atoms. The number of anilines is 1. The fourth-order valence-corrected chi connectivity index (χ4v) is 3.79. The van der Waals surface area contributed by atoms with E-state index in [0.717, 1.165) is 11.1 Å². The molecule has 0 aliphatic heterocycles. The van der Waals surface area contributed by atoms with Gasteiger partial charge in [-0.05, 0) is 52.2 Å². The topological polar surface area (TPSA) is 72.2 Å². The first-order valence-corrected chi connectivity index (χ1v) is 8.27. The van der Waals surface area contributed by atoms with Crippen LogP contribution in [0.1, 0.15) is 11.1 Å². The van der Waals surface area contributed by atoms with Crippen molar-refractivity contribution in [3.63, 3.8) is 0 Å². The van der Waals surface area contributed by atoms with Gasteiger partial charge in [0.05, 0.1) is 4.90 Å². The molecule has 0 aromatic heterocycles. The van der Waals surface area contributed by atoms with E-state index >= 15 is 0 Å². The molecule has 0 heterocycles. The average Bonchev–Trinajstić information content (AvgIpc) is 2.40. The maximum Gasteiger partial charge on any atom is 0.242 e. The predicted octanol–water partition coefficient (Wildman–Crippen LogP) is 2.82. The molecule has 0 atom stereocenters. The second kappa shape index (κ2) is 5.95. The van der Waals surface area contributed by atoms with Crippen molar-refractivity contribution < 1.29 is 8.42 Å². The summed E-state index contributed by atoms with van der Waals surface area (Å²) in [6.07, 6.45) is 0. The van der Waals surface area contributed by atoms with Crippen LogP contribution < -0.4 is 10.5 Å². The van der Waals surface area contributed by atoms with Gasteiger partial charge in [-0.15, -0.1) is 0 Å². The molecule has 0 fully saturated rings. The summed E-state index contributed by atoms with van der Waals surface area (Å²) in [7, 11) is -3.61. The number of nitrogen functional groups attached to an aromatic ring is 1. The first-order chi connectivity index (χ1) is 9.40. The van der Waals surface area contributed by atoms with Gasteiger partial charge in [-0.1, -0.05) is 24.3 Å². The lowest BCUT2D eigenvalue weighted by atomic mass is 10.1. The van der Waals surface area contributed by atoms with Gasteiger partial charge < -0.3 is 5.73 Å². The van der Waals surface area contributed by atoms with Crippen LogP contribution in [0.2, 0.25) is 0 Å². The molecule has 0 saturated heterocycles. The van der Waals surface area contributed by atoms with Gasteiger partial charge >= 0.3 is 0 Å². The molecule has 3 N–H and O–H groups in total. The molecule has 0 unspecified atom stereocenters. The van der Waals surface area contributed by atoms with Crippen molar-refractivity contribution in [2.24, 2.45) is 0 Å². The Morgan fingerprint density at radius 2 is 1.90 bits per heavy atom. The third kappa shape index (κ3) is 3.39. The summed E-state index contributed by atoms with van der Waals surface area (Å²) in [5.74, 6) is 0. The number of benzene rings is 2. The maximum atomic E-state index is 12.3. The molecule has 2 aromatic rings. The van der Waals surface area contributed by atoms with Gasteiger partial charge in [-0.25, -0.2) is 13.1 Å². The molecule has 2 aromatic carbocycles. The Morgan fingerprint density at radius 3 is 2.60 bits per heavy atom. The molecule has 2 rings (SSSR count). The van der Waals surface area contributed by atoms with E-state index in [1.54, 1.807) is 12.1 Å². The molecule has 0 bridgehead atoms. The van der Waals surface area contributed by atoms with E-state index in [1.807, 2.05) is 31.2 Å². The summed E-state index contributed by atoms with van der Waals surface area (Å²) < 4.78 is 27.7. The second-order valence-electron chi connectivity index (χ2n) is 4.44. The highest BCUT2D eigenvalue weighted by atomic mass is 79.9. The Hall–Kier alpha value is -1.37. The zero-order valence-electron chi connectivity index (χ0n) is 10.9. The lowest BCUT2D eigenvalue weighted by Gasteiger charge is -2.10. The van der Waals surface area contributed by atoms with Crippen LogP contribution in [0.25, 0.3) is 0 Å². The minimum absolute atomic E-state index is 0.145. The number of halogens is 1. The largest absolute Gasteiger partial charge is 0.399 e. The molecule has 106 valence electrons. The Kier molecular flexibility index (Phi) is 4.47. The summed E-state index contributed by atoms with van der Waals surface area (Å²) >= 11 is 3.23. The highest BCUT2D eigenvalue weighted by Crippen LogP contribution is 2.24. The van der Waals surface area contributed by atoms with Gasteiger partial charge in [-0.3, -0.25) is 0 Å². The van der Waals surface area contributed by atoms with Crippen molar-refractivity contribution in [1.29, 1.82) is 0 Å². The van der Waals surface area contributed by atoms with E-state index in [2.05, 4.69) is 20.7 Å². The number of rotatable bonds is 4. The summed E-state index contributed by atoms with van der Waals surface area (Å²) in [4.78, 5) is 0.145. The zero-order chi connectivity index (χ0) is 14.8. The SMILES string of the molecule is Cc1ccccc1CNS(=O)(=O)c1cc(N)ccc1Br. The third-order valence-corrected chi connectivity index (χ3v) is 5.35. The number of nitrogens with two attached hydrogens (primary N) is 1. The first kappa shape index (κ1) is 15.0. The number of aryl methyl sites for hydroxylation is 1. The molecule has 4 nitrogen and oxygen atoms in total. The number of sulfonamides is 1. The van der Waals surface area contributed by atoms with E-state index in [4.69, 9.17) is 5.73 Å². The van der Waals surface area contributed by atoms with Crippen molar-refractivity contribution in [1.82, 2.24) is 4.72 Å². The van der Waals surface area contributed by atoms with Crippen LogP contribution in [0.3, 0.4) is 0 Å². The number of hydrogen-bond donors (Lipinski definition) is 2. The average molecular weight is 355 g/mol. The Bertz CT molecular complexity index is 730. The molecule has 0 amide bonds. The standard InChI is InChI=1S/C14H15BrN2O2S/c1-10-4-2-3-5-11(10)9-17-20(18,19)14-8-12(16)6-7-13(14)15/h2-8,17H,9,16H2,1H3. The minimum Gasteiger partial charge on any atom is -0.399 e. The molecular weight excluding hydrogens is 340 g/mol. The summed E-state index contributed by atoms with van der Waals surface area (Å²) in [5, 5.41) is 0. The van der Waals surface area contributed by atoms with Crippen molar-refractivity contribution in [3.8, 4) is 0 Å². The van der Waals surface area contributed by atoms with E-state index < -0.39 is 10.0 Å². The fourth-order valence-electron chi connectivity index (χ4n) is 1.78. The van der Waals surface area contributed by atoms with Crippen LogP contribution in [0, 0.1) is 6.92 Å². The summed E-state index contributed by atoms with van der Waals surface area (Å²) in [6.45, 7) is 2.19. The Balaban J connectivity index is 2.24. The smallest absolute Gasteiger partial charge is 0.242 e. The Labute approximate surface area is 127 Å². The number of hydrogen-bond acceptors (Lipinski definition) is 3. The highest BCUT2D eigenvalue weighted by Gasteiger charge is 2.17. The van der Waals surface area contributed by atoms with Crippen molar-refractivity contribution in [2.75, 3.05) is 5.73 Å². The lowest BCUT2D eigenvalue weighted by molar-refractivity contribution is 0.580. The predicted molar refractivity (Wildman–Crippen MR) is 83.8 cm³/mol. The summed E-state index contributed by atoms with van der Waals surface area (Å²) in [5.41, 5.74) is 8.03. The van der Waals surface area contributed by atoms with Gasteiger partial charge in [0.1, 0.15) is 0 Å². The van der Waals surface area contributed by atoms with Crippen molar-refractivity contribution in [3.05, 3.63) is 58.1 Å². The Morgan fingerprint density at radius 1 is 1.20 bits per heavy atom. The number of nitrogens with one attached hydrogen (secondary N) is 1. The van der Waals surface area contributed by atoms with Crippen LogP contribution in [0.15, 0.2) is 51.8 Å². The van der Waals surface area contributed by atoms with Crippen LogP contribution in [0.4, 0.5) is 5.69 Å². The fraction of sp³-hybridized carbons (Fsp3) is 0.143. The molecule has 6 heteroatoms. The van der Waals surface area contributed by atoms with E-state index in [-0.39, 0.29) is 11.4 Å². The van der Waals surface area contributed by atoms with Gasteiger partial charge in [0.25, 0.3) is 0 Å². The van der Waals surface area contributed by atoms with E-state index in [0.29, 0.717) is 10.2 Å². The molecular formula is C14H15BrN2O2S. The van der Waals surface area contributed by atoms with Crippen molar-refractivity contribution >= 4 is 31.6 Å². The van der Waals surface area contributed by atoms with Gasteiger partial charge in [0.15, 0.2) is 0 Å². The third-order valence-electron chi connectivity index (χ3n) is 2.96. The van der Waals surface area contributed by atoms with E-state index in [9.17, 15) is 8.42 Å². The van der Waals surface area contributed by atoms with Gasteiger partial charge in [0.2, 0.25) is 10.0 Å². The van der Waals surface area contributed by atoms with Gasteiger partial charge in [0, 0.05) is 16.7 Å². The second-order valence-corrected chi connectivity index (χ2v) is 7.03. The monoisotopic (exact) mass is 354 g/mol. The van der Waals surface area contributed by atoms with Crippen LogP contribution in [-0.4, -0.2) is 8.42 Å². The van der Waals surface area contributed by atoms with E-state index in [1.165, 1.54) is 6.07 Å². The molecule has 0 aliphatic rings. The molecule has 0 aliphatic carbocycles. The van der Waals surface area contributed by atoms with Crippen molar-refractivity contribution in [2.45, 2.75) is 18.4 Å². The molecule has 0 saturated carbocycles. The minimum atomic E-state index is -3.61. The zero-order valence-corrected chi connectivity index (χ0v) is 13.3. The van der Waals surface area contributed by atoms with Crippen LogP contribution >= 0.6 is 15.9 Å². The van der Waals surface area contributed by atoms with Crippen LogP contribution in [-0.2, 0) is 16.6 Å². The quantitative estimate of drug-likeness (QED) is 0.829. The lowest BCUT2D eigenvalue weighted by Crippen LogP contribution is -2.24. The molecule has 20 heavy (non-hydrogen) atoms. The van der Waals surface area contributed by atoms with Crippen LogP contribution in [0.5, 0.6) is 0 Å². The normalized spacial score (nSPS) is 11.5. The highest BCUT2D eigenvalue weighted by molar-refractivity contribution is 9.10. The first-order valence-electron chi connectivity index (χ1n) is 5.99. The molecule has 0 radical (unpaired) electrons. The van der Waals surface area contributed by atoms with Gasteiger partial charge in [-0.2, -0.15) is 0 Å². The maximum absolute atomic E-state index is 12.3. The summed E-state index contributed by atoms with van der Waals surface area (Å²) in [6, 6.07) is 12.3.